The number of nitro groups is 1. The first kappa shape index (κ1) is 24.5. The van der Waals surface area contributed by atoms with Crippen LogP contribution in [0.1, 0.15) is 17.3 Å². The lowest BCUT2D eigenvalue weighted by Crippen LogP contribution is -2.35. The number of anilines is 1. The van der Waals surface area contributed by atoms with E-state index < -0.39 is 42.0 Å². The maximum absolute atomic E-state index is 12.2. The molecule has 0 unspecified atom stereocenters. The van der Waals surface area contributed by atoms with Crippen LogP contribution >= 0.6 is 11.6 Å². The first-order valence-corrected chi connectivity index (χ1v) is 9.22. The van der Waals surface area contributed by atoms with Gasteiger partial charge in [0.25, 0.3) is 17.5 Å². The van der Waals surface area contributed by atoms with E-state index in [9.17, 15) is 33.3 Å². The van der Waals surface area contributed by atoms with Crippen LogP contribution in [0.25, 0.3) is 0 Å². The second-order valence-corrected chi connectivity index (χ2v) is 6.54. The molecule has 0 aliphatic heterocycles. The molecule has 0 saturated carbocycles. The number of halogens is 3. The molecule has 2 rings (SSSR count). The van der Waals surface area contributed by atoms with Gasteiger partial charge in [-0.15, -0.1) is 0 Å². The maximum Gasteiger partial charge on any atom is 0.387 e. The number of alkyl halides is 2. The van der Waals surface area contributed by atoms with Gasteiger partial charge >= 0.3 is 12.6 Å². The van der Waals surface area contributed by atoms with Gasteiger partial charge in [-0.2, -0.15) is 8.78 Å². The van der Waals surface area contributed by atoms with Crippen molar-refractivity contribution in [2.45, 2.75) is 19.6 Å². The van der Waals surface area contributed by atoms with Crippen molar-refractivity contribution in [2.24, 2.45) is 0 Å². The molecule has 0 spiro atoms. The molecule has 0 bridgehead atoms. The molecule has 0 heterocycles. The Morgan fingerprint density at radius 3 is 2.53 bits per heavy atom. The lowest BCUT2D eigenvalue weighted by atomic mass is 10.2. The molecule has 0 saturated heterocycles. The predicted octanol–water partition coefficient (Wildman–Crippen LogP) is 3.15. The van der Waals surface area contributed by atoms with Crippen molar-refractivity contribution in [1.29, 1.82) is 0 Å². The van der Waals surface area contributed by atoms with Gasteiger partial charge in [-0.25, -0.2) is 0 Å². The van der Waals surface area contributed by atoms with Crippen LogP contribution in [0, 0.1) is 10.1 Å². The fourth-order valence-electron chi connectivity index (χ4n) is 2.32. The maximum atomic E-state index is 12.2. The highest BCUT2D eigenvalue weighted by molar-refractivity contribution is 6.32. The molecule has 32 heavy (non-hydrogen) atoms. The highest BCUT2D eigenvalue weighted by Gasteiger charge is 2.20. The quantitative estimate of drug-likeness (QED) is 0.325. The zero-order chi connectivity index (χ0) is 23.8. The molecule has 0 aliphatic carbocycles. The molecule has 170 valence electrons. The van der Waals surface area contributed by atoms with Crippen molar-refractivity contribution >= 4 is 40.8 Å². The van der Waals surface area contributed by atoms with Gasteiger partial charge in [0.05, 0.1) is 9.95 Å². The Labute approximate surface area is 184 Å². The standard InChI is InChI=1S/C19H16ClF2N3O7/c1-10(17(27)24-12-5-6-15(14(20)8-12)32-19(21)22)31-16(26)9-23-18(28)11-3-2-4-13(7-11)25(29)30/h2-8,10,19H,9H2,1H3,(H,23,28)(H,24,27)/t10-/m0/s1. The first-order chi connectivity index (χ1) is 15.1. The number of nitro benzene ring substituents is 1. The van der Waals surface area contributed by atoms with Crippen molar-refractivity contribution in [3.63, 3.8) is 0 Å². The summed E-state index contributed by atoms with van der Waals surface area (Å²) in [6.45, 7) is -2.39. The van der Waals surface area contributed by atoms with Crippen molar-refractivity contribution < 1.29 is 37.6 Å². The van der Waals surface area contributed by atoms with E-state index in [-0.39, 0.29) is 27.7 Å². The van der Waals surface area contributed by atoms with Gasteiger partial charge in [0.15, 0.2) is 6.10 Å². The number of benzene rings is 2. The van der Waals surface area contributed by atoms with Gasteiger partial charge in [-0.05, 0) is 31.2 Å². The van der Waals surface area contributed by atoms with Crippen LogP contribution in [-0.4, -0.2) is 42.0 Å². The van der Waals surface area contributed by atoms with E-state index in [0.717, 1.165) is 12.1 Å². The van der Waals surface area contributed by atoms with Crippen LogP contribution in [0.3, 0.4) is 0 Å². The summed E-state index contributed by atoms with van der Waals surface area (Å²) < 4.78 is 33.6. The minimum absolute atomic E-state index is 0.0334. The summed E-state index contributed by atoms with van der Waals surface area (Å²) in [5, 5.41) is 15.2. The van der Waals surface area contributed by atoms with Crippen LogP contribution in [0.15, 0.2) is 42.5 Å². The van der Waals surface area contributed by atoms with Gasteiger partial charge < -0.3 is 20.1 Å². The molecule has 2 N–H and O–H groups in total. The number of non-ortho nitro benzene ring substituents is 1. The molecule has 0 radical (unpaired) electrons. The third-order valence-electron chi connectivity index (χ3n) is 3.81. The molecular formula is C19H16ClF2N3O7. The number of hydrogen-bond acceptors (Lipinski definition) is 7. The summed E-state index contributed by atoms with van der Waals surface area (Å²) >= 11 is 5.80. The monoisotopic (exact) mass is 471 g/mol. The van der Waals surface area contributed by atoms with Crippen molar-refractivity contribution in [3.05, 3.63) is 63.2 Å². The number of hydrogen-bond donors (Lipinski definition) is 2. The third-order valence-corrected chi connectivity index (χ3v) is 4.10. The van der Waals surface area contributed by atoms with Crippen molar-refractivity contribution in [1.82, 2.24) is 5.32 Å². The topological polar surface area (TPSA) is 137 Å². The fraction of sp³-hybridized carbons (Fsp3) is 0.211. The fourth-order valence-corrected chi connectivity index (χ4v) is 2.55. The third kappa shape index (κ3) is 7.16. The van der Waals surface area contributed by atoms with Crippen LogP contribution in [0.4, 0.5) is 20.2 Å². The van der Waals surface area contributed by atoms with E-state index in [1.807, 2.05) is 0 Å². The highest BCUT2D eigenvalue weighted by Crippen LogP contribution is 2.29. The lowest BCUT2D eigenvalue weighted by molar-refractivity contribution is -0.384. The number of nitrogens with one attached hydrogen (secondary N) is 2. The Morgan fingerprint density at radius 2 is 1.91 bits per heavy atom. The van der Waals surface area contributed by atoms with E-state index in [1.165, 1.54) is 37.3 Å². The molecule has 0 fully saturated rings. The molecule has 2 amide bonds. The number of esters is 1. The number of ether oxygens (including phenoxy) is 2. The molecule has 2 aromatic rings. The summed E-state index contributed by atoms with van der Waals surface area (Å²) in [5.74, 6) is -2.71. The Bertz CT molecular complexity index is 1040. The average molecular weight is 472 g/mol. The number of amides is 2. The second-order valence-electron chi connectivity index (χ2n) is 6.14. The average Bonchev–Trinajstić information content (AvgIpc) is 2.73. The summed E-state index contributed by atoms with van der Waals surface area (Å²) in [6, 6.07) is 8.45. The van der Waals surface area contributed by atoms with E-state index >= 15 is 0 Å². The SMILES string of the molecule is C[C@H](OC(=O)CNC(=O)c1cccc([N+](=O)[O-])c1)C(=O)Nc1ccc(OC(F)F)c(Cl)c1. The van der Waals surface area contributed by atoms with E-state index in [1.54, 1.807) is 0 Å². The summed E-state index contributed by atoms with van der Waals surface area (Å²) in [6.07, 6.45) is -1.27. The van der Waals surface area contributed by atoms with Crippen LogP contribution in [0.5, 0.6) is 5.75 Å². The Morgan fingerprint density at radius 1 is 1.19 bits per heavy atom. The highest BCUT2D eigenvalue weighted by atomic mass is 35.5. The number of carbonyl (C=O) groups is 3. The number of carbonyl (C=O) groups excluding carboxylic acids is 3. The minimum Gasteiger partial charge on any atom is -0.451 e. The minimum atomic E-state index is -3.06. The van der Waals surface area contributed by atoms with E-state index in [2.05, 4.69) is 15.4 Å². The second kappa shape index (κ2) is 11.0. The molecule has 10 nitrogen and oxygen atoms in total. The van der Waals surface area contributed by atoms with Crippen LogP contribution in [0.2, 0.25) is 5.02 Å². The molecular weight excluding hydrogens is 456 g/mol. The van der Waals surface area contributed by atoms with Crippen molar-refractivity contribution in [3.8, 4) is 5.75 Å². The van der Waals surface area contributed by atoms with Gasteiger partial charge in [0, 0.05) is 23.4 Å². The van der Waals surface area contributed by atoms with Gasteiger partial charge in [-0.3, -0.25) is 24.5 Å². The lowest BCUT2D eigenvalue weighted by Gasteiger charge is -2.14. The van der Waals surface area contributed by atoms with Gasteiger partial charge in [0.1, 0.15) is 12.3 Å². The van der Waals surface area contributed by atoms with Crippen LogP contribution < -0.4 is 15.4 Å². The van der Waals surface area contributed by atoms with Gasteiger partial charge in [-0.1, -0.05) is 17.7 Å². The van der Waals surface area contributed by atoms with Gasteiger partial charge in [0.2, 0.25) is 0 Å². The number of rotatable bonds is 9. The molecule has 0 aliphatic rings. The first-order valence-electron chi connectivity index (χ1n) is 8.84. The normalized spacial score (nSPS) is 11.4. The van der Waals surface area contributed by atoms with E-state index in [0.29, 0.717) is 0 Å². The molecule has 0 aromatic heterocycles. The molecule has 1 atom stereocenters. The summed E-state index contributed by atoms with van der Waals surface area (Å²) in [4.78, 5) is 46.1. The largest absolute Gasteiger partial charge is 0.451 e. The Kier molecular flexibility index (Phi) is 8.41. The molecule has 13 heteroatoms. The summed E-state index contributed by atoms with van der Waals surface area (Å²) in [5.41, 5.74) is -0.183. The predicted molar refractivity (Wildman–Crippen MR) is 108 cm³/mol. The zero-order valence-corrected chi connectivity index (χ0v) is 17.1. The van der Waals surface area contributed by atoms with E-state index in [4.69, 9.17) is 16.3 Å². The van der Waals surface area contributed by atoms with Crippen molar-refractivity contribution in [2.75, 3.05) is 11.9 Å². The number of nitrogens with zero attached hydrogens (tertiary/aromatic N) is 1. The Balaban J connectivity index is 1.86. The Hall–Kier alpha value is -3.80. The summed E-state index contributed by atoms with van der Waals surface area (Å²) in [7, 11) is 0. The smallest absolute Gasteiger partial charge is 0.387 e. The molecule has 2 aromatic carbocycles. The zero-order valence-electron chi connectivity index (χ0n) is 16.3. The van der Waals surface area contributed by atoms with Crippen LogP contribution in [-0.2, 0) is 14.3 Å².